The van der Waals surface area contributed by atoms with Gasteiger partial charge in [-0.15, -0.1) is 11.3 Å². The standard InChI is InChI=1S/C19H19NO5S/c1-11(21)18-4-12(9-26-18)6-20-7-14(15(8-20)19(22)23)13-2-3-16-17(5-13)25-10-24-16/h2-5,9,14-15H,6-8,10H2,1H3,(H,22,23)/t14-,15+/m0/s1. The second-order valence-electron chi connectivity index (χ2n) is 6.73. The number of rotatable bonds is 5. The highest BCUT2D eigenvalue weighted by molar-refractivity contribution is 7.12. The number of carboxylic acid groups (broad SMARTS) is 1. The van der Waals surface area contributed by atoms with E-state index in [4.69, 9.17) is 9.47 Å². The van der Waals surface area contributed by atoms with Crippen molar-refractivity contribution in [3.05, 3.63) is 45.6 Å². The average Bonchev–Trinajstić information content (AvgIpc) is 3.33. The molecule has 136 valence electrons. The SMILES string of the molecule is CC(=O)c1cc(CN2C[C@@H](C(=O)O)[C@H](c3ccc4c(c3)OCO4)C2)cs1. The Kier molecular flexibility index (Phi) is 4.42. The molecule has 0 spiro atoms. The molecule has 3 heterocycles. The summed E-state index contributed by atoms with van der Waals surface area (Å²) in [5.74, 6) is 0.0722. The largest absolute Gasteiger partial charge is 0.481 e. The van der Waals surface area contributed by atoms with Gasteiger partial charge in [-0.05, 0) is 41.6 Å². The van der Waals surface area contributed by atoms with Crippen molar-refractivity contribution in [1.82, 2.24) is 4.90 Å². The van der Waals surface area contributed by atoms with Crippen molar-refractivity contribution >= 4 is 23.1 Å². The van der Waals surface area contributed by atoms with E-state index in [-0.39, 0.29) is 18.5 Å². The van der Waals surface area contributed by atoms with Gasteiger partial charge in [0.2, 0.25) is 6.79 Å². The van der Waals surface area contributed by atoms with Gasteiger partial charge in [-0.25, -0.2) is 0 Å². The molecule has 2 aliphatic heterocycles. The quantitative estimate of drug-likeness (QED) is 0.812. The fourth-order valence-corrected chi connectivity index (χ4v) is 4.45. The Labute approximate surface area is 155 Å². The van der Waals surface area contributed by atoms with E-state index < -0.39 is 11.9 Å². The van der Waals surface area contributed by atoms with E-state index in [9.17, 15) is 14.7 Å². The number of hydrogen-bond acceptors (Lipinski definition) is 6. The van der Waals surface area contributed by atoms with Gasteiger partial charge in [0.05, 0.1) is 10.8 Å². The van der Waals surface area contributed by atoms with Crippen LogP contribution in [0.4, 0.5) is 0 Å². The Morgan fingerprint density at radius 2 is 2.04 bits per heavy atom. The van der Waals surface area contributed by atoms with Gasteiger partial charge in [0, 0.05) is 25.6 Å². The minimum Gasteiger partial charge on any atom is -0.481 e. The van der Waals surface area contributed by atoms with E-state index in [0.717, 1.165) is 16.0 Å². The summed E-state index contributed by atoms with van der Waals surface area (Å²) >= 11 is 1.44. The van der Waals surface area contributed by atoms with Crippen LogP contribution < -0.4 is 9.47 Å². The van der Waals surface area contributed by atoms with Crippen LogP contribution in [0.5, 0.6) is 11.5 Å². The minimum absolute atomic E-state index is 0.0596. The number of likely N-dealkylation sites (tertiary alicyclic amines) is 1. The van der Waals surface area contributed by atoms with Gasteiger partial charge < -0.3 is 14.6 Å². The van der Waals surface area contributed by atoms with E-state index >= 15 is 0 Å². The highest BCUT2D eigenvalue weighted by atomic mass is 32.1. The first kappa shape index (κ1) is 17.1. The maximum Gasteiger partial charge on any atom is 0.308 e. The number of carbonyl (C=O) groups excluding carboxylic acids is 1. The normalized spacial score (nSPS) is 21.9. The summed E-state index contributed by atoms with van der Waals surface area (Å²) in [4.78, 5) is 26.1. The van der Waals surface area contributed by atoms with Crippen molar-refractivity contribution in [3.63, 3.8) is 0 Å². The molecule has 2 aliphatic rings. The number of fused-ring (bicyclic) bond motifs is 1. The number of nitrogens with zero attached hydrogens (tertiary/aromatic N) is 1. The zero-order valence-electron chi connectivity index (χ0n) is 14.3. The van der Waals surface area contributed by atoms with Crippen LogP contribution in [0, 0.1) is 5.92 Å². The zero-order valence-corrected chi connectivity index (χ0v) is 15.1. The number of Topliss-reactive ketones (excluding diaryl/α,β-unsaturated/α-hetero) is 1. The van der Waals surface area contributed by atoms with Crippen LogP contribution in [0.1, 0.15) is 33.6 Å². The van der Waals surface area contributed by atoms with Crippen LogP contribution >= 0.6 is 11.3 Å². The summed E-state index contributed by atoms with van der Waals surface area (Å²) in [5, 5.41) is 11.6. The van der Waals surface area contributed by atoms with Gasteiger partial charge in [-0.2, -0.15) is 0 Å². The molecule has 0 radical (unpaired) electrons. The van der Waals surface area contributed by atoms with Crippen LogP contribution in [-0.4, -0.2) is 41.6 Å². The highest BCUT2D eigenvalue weighted by Crippen LogP contribution is 2.39. The lowest BCUT2D eigenvalue weighted by Gasteiger charge is -2.16. The number of ether oxygens (including phenoxy) is 2. The maximum absolute atomic E-state index is 11.8. The Bertz CT molecular complexity index is 861. The van der Waals surface area contributed by atoms with Crippen molar-refractivity contribution in [1.29, 1.82) is 0 Å². The molecule has 2 atom stereocenters. The molecule has 26 heavy (non-hydrogen) atoms. The van der Waals surface area contributed by atoms with Crippen molar-refractivity contribution in [3.8, 4) is 11.5 Å². The third-order valence-corrected chi connectivity index (χ3v) is 6.02. The summed E-state index contributed by atoms with van der Waals surface area (Å²) < 4.78 is 10.8. The molecule has 1 aromatic carbocycles. The smallest absolute Gasteiger partial charge is 0.308 e. The third-order valence-electron chi connectivity index (χ3n) is 4.94. The number of hydrogen-bond donors (Lipinski definition) is 1. The Balaban J connectivity index is 1.53. The van der Waals surface area contributed by atoms with E-state index in [1.54, 1.807) is 6.92 Å². The molecule has 6 nitrogen and oxygen atoms in total. The molecule has 1 N–H and O–H groups in total. The fraction of sp³-hybridized carbons (Fsp3) is 0.368. The molecule has 4 rings (SSSR count). The predicted molar refractivity (Wildman–Crippen MR) is 96.0 cm³/mol. The van der Waals surface area contributed by atoms with Crippen LogP contribution in [0.3, 0.4) is 0 Å². The fourth-order valence-electron chi connectivity index (χ4n) is 3.65. The summed E-state index contributed by atoms with van der Waals surface area (Å²) in [7, 11) is 0. The number of aliphatic carboxylic acids is 1. The number of benzene rings is 1. The topological polar surface area (TPSA) is 76.1 Å². The Morgan fingerprint density at radius 3 is 2.77 bits per heavy atom. The minimum atomic E-state index is -0.787. The molecule has 7 heteroatoms. The summed E-state index contributed by atoms with van der Waals surface area (Å²) in [6, 6.07) is 7.56. The first-order chi connectivity index (χ1) is 12.5. The first-order valence-electron chi connectivity index (χ1n) is 8.44. The van der Waals surface area contributed by atoms with Gasteiger partial charge in [0.25, 0.3) is 0 Å². The predicted octanol–water partition coefficient (Wildman–Crippen LogP) is 2.98. The lowest BCUT2D eigenvalue weighted by molar-refractivity contribution is -0.141. The average molecular weight is 373 g/mol. The highest BCUT2D eigenvalue weighted by Gasteiger charge is 2.39. The van der Waals surface area contributed by atoms with Crippen LogP contribution in [0.15, 0.2) is 29.6 Å². The molecule has 0 aliphatic carbocycles. The van der Waals surface area contributed by atoms with Crippen LogP contribution in [0.25, 0.3) is 0 Å². The van der Waals surface area contributed by atoms with Crippen molar-refractivity contribution < 1.29 is 24.2 Å². The second kappa shape index (κ2) is 6.74. The monoisotopic (exact) mass is 373 g/mol. The Hall–Kier alpha value is -2.38. The van der Waals surface area contributed by atoms with Gasteiger partial charge in [-0.3, -0.25) is 14.5 Å². The first-order valence-corrected chi connectivity index (χ1v) is 9.32. The van der Waals surface area contributed by atoms with Crippen molar-refractivity contribution in [2.75, 3.05) is 19.9 Å². The summed E-state index contributed by atoms with van der Waals surface area (Å²) in [6.07, 6.45) is 0. The molecule has 0 amide bonds. The number of carbonyl (C=O) groups is 2. The van der Waals surface area contributed by atoms with Gasteiger partial charge in [0.1, 0.15) is 0 Å². The second-order valence-corrected chi connectivity index (χ2v) is 7.64. The molecule has 0 unspecified atom stereocenters. The molecule has 2 aromatic rings. The van der Waals surface area contributed by atoms with Crippen LogP contribution in [-0.2, 0) is 11.3 Å². The van der Waals surface area contributed by atoms with Crippen molar-refractivity contribution in [2.45, 2.75) is 19.4 Å². The van der Waals surface area contributed by atoms with Gasteiger partial charge in [-0.1, -0.05) is 6.07 Å². The van der Waals surface area contributed by atoms with Gasteiger partial charge in [0.15, 0.2) is 17.3 Å². The number of carboxylic acids is 1. The molecule has 0 bridgehead atoms. The number of thiophene rings is 1. The summed E-state index contributed by atoms with van der Waals surface area (Å²) in [6.45, 7) is 3.55. The molecular formula is C19H19NO5S. The molecule has 1 saturated heterocycles. The zero-order chi connectivity index (χ0) is 18.3. The number of ketones is 1. The van der Waals surface area contributed by atoms with Gasteiger partial charge >= 0.3 is 5.97 Å². The van der Waals surface area contributed by atoms with Crippen LogP contribution in [0.2, 0.25) is 0 Å². The molecular weight excluding hydrogens is 354 g/mol. The summed E-state index contributed by atoms with van der Waals surface area (Å²) in [5.41, 5.74) is 2.01. The van der Waals surface area contributed by atoms with E-state index in [0.29, 0.717) is 31.1 Å². The lowest BCUT2D eigenvalue weighted by atomic mass is 9.89. The Morgan fingerprint density at radius 1 is 1.23 bits per heavy atom. The van der Waals surface area contributed by atoms with E-state index in [2.05, 4.69) is 4.90 Å². The molecule has 0 saturated carbocycles. The molecule has 1 fully saturated rings. The maximum atomic E-state index is 11.8. The van der Waals surface area contributed by atoms with Crippen molar-refractivity contribution in [2.24, 2.45) is 5.92 Å². The lowest BCUT2D eigenvalue weighted by Crippen LogP contribution is -2.23. The van der Waals surface area contributed by atoms with E-state index in [1.807, 2.05) is 29.6 Å². The molecule has 1 aromatic heterocycles. The third kappa shape index (κ3) is 3.20. The van der Waals surface area contributed by atoms with E-state index in [1.165, 1.54) is 11.3 Å².